The number of terminal acetylenes is 1. The van der Waals surface area contributed by atoms with Crippen LogP contribution in [-0.2, 0) is 0 Å². The number of halogens is 2. The third kappa shape index (κ3) is 2.49. The highest BCUT2D eigenvalue weighted by Crippen LogP contribution is 2.21. The maximum Gasteiger partial charge on any atom is 0.183 e. The molecule has 1 atom stereocenters. The molecule has 1 aromatic rings. The van der Waals surface area contributed by atoms with Gasteiger partial charge in [0.2, 0.25) is 0 Å². The molecule has 0 saturated carbocycles. The summed E-state index contributed by atoms with van der Waals surface area (Å²) in [5.74, 6) is 0.222. The third-order valence-corrected chi connectivity index (χ3v) is 2.03. The van der Waals surface area contributed by atoms with E-state index in [1.54, 1.807) is 13.0 Å². The molecule has 0 aliphatic heterocycles. The Bertz CT molecular complexity index is 469. The van der Waals surface area contributed by atoms with Crippen LogP contribution in [0.2, 0.25) is 0 Å². The fraction of sp³-hybridized carbons (Fsp3) is 0.250. The highest BCUT2D eigenvalue weighted by molar-refractivity contribution is 5.50. The van der Waals surface area contributed by atoms with Crippen molar-refractivity contribution in [2.24, 2.45) is 0 Å². The molecule has 4 heteroatoms. The Hall–Kier alpha value is -2.07. The maximum atomic E-state index is 13.4. The summed E-state index contributed by atoms with van der Waals surface area (Å²) in [6, 6.07) is 3.96. The largest absolute Gasteiger partial charge is 0.379 e. The molecule has 1 aromatic carbocycles. The minimum Gasteiger partial charge on any atom is -0.379 e. The van der Waals surface area contributed by atoms with Crippen LogP contribution in [0.25, 0.3) is 0 Å². The molecule has 0 saturated heterocycles. The second kappa shape index (κ2) is 5.14. The molecule has 82 valence electrons. The average Bonchev–Trinajstić information content (AvgIpc) is 2.25. The molecule has 0 heterocycles. The van der Waals surface area contributed by atoms with Gasteiger partial charge in [-0.15, -0.1) is 12.3 Å². The van der Waals surface area contributed by atoms with Crippen molar-refractivity contribution in [3.63, 3.8) is 0 Å². The molecule has 2 nitrogen and oxygen atoms in total. The van der Waals surface area contributed by atoms with Gasteiger partial charge in [-0.1, -0.05) is 0 Å². The molecule has 1 N–H and O–H groups in total. The first-order chi connectivity index (χ1) is 7.60. The first-order valence-electron chi connectivity index (χ1n) is 4.68. The quantitative estimate of drug-likeness (QED) is 0.795. The van der Waals surface area contributed by atoms with Crippen molar-refractivity contribution in [3.8, 4) is 18.4 Å². The lowest BCUT2D eigenvalue weighted by Crippen LogP contribution is -2.15. The van der Waals surface area contributed by atoms with Gasteiger partial charge < -0.3 is 5.32 Å². The van der Waals surface area contributed by atoms with Gasteiger partial charge in [-0.25, -0.2) is 8.78 Å². The number of nitrogens with zero attached hydrogens (tertiary/aromatic N) is 1. The van der Waals surface area contributed by atoms with Gasteiger partial charge in [-0.3, -0.25) is 0 Å². The number of hydrogen-bond donors (Lipinski definition) is 1. The highest BCUT2D eigenvalue weighted by Gasteiger charge is 2.14. The summed E-state index contributed by atoms with van der Waals surface area (Å²) in [6.45, 7) is 1.76. The van der Waals surface area contributed by atoms with E-state index in [-0.39, 0.29) is 17.3 Å². The monoisotopic (exact) mass is 220 g/mol. The standard InChI is InChI=1S/C12H10F2N2/c1-3-4-8(2)16-10-6-5-9(7-15)11(13)12(10)14/h1,5-6,8,16H,4H2,2H3. The van der Waals surface area contributed by atoms with Gasteiger partial charge in [-0.05, 0) is 19.1 Å². The van der Waals surface area contributed by atoms with Gasteiger partial charge in [0.05, 0.1) is 11.3 Å². The lowest BCUT2D eigenvalue weighted by atomic mass is 10.1. The summed E-state index contributed by atoms with van der Waals surface area (Å²) in [7, 11) is 0. The van der Waals surface area contributed by atoms with Crippen molar-refractivity contribution >= 4 is 5.69 Å². The van der Waals surface area contributed by atoms with Gasteiger partial charge in [-0.2, -0.15) is 5.26 Å². The van der Waals surface area contributed by atoms with E-state index >= 15 is 0 Å². The number of benzene rings is 1. The second-order valence-electron chi connectivity index (χ2n) is 3.35. The van der Waals surface area contributed by atoms with Gasteiger partial charge in [0.25, 0.3) is 0 Å². The van der Waals surface area contributed by atoms with Crippen molar-refractivity contribution in [3.05, 3.63) is 29.3 Å². The zero-order valence-corrected chi connectivity index (χ0v) is 8.72. The average molecular weight is 220 g/mol. The van der Waals surface area contributed by atoms with E-state index in [1.165, 1.54) is 12.1 Å². The van der Waals surface area contributed by atoms with Crippen LogP contribution in [0.1, 0.15) is 18.9 Å². The minimum atomic E-state index is -1.14. The van der Waals surface area contributed by atoms with E-state index in [0.717, 1.165) is 0 Å². The van der Waals surface area contributed by atoms with Crippen molar-refractivity contribution in [1.29, 1.82) is 5.26 Å². The first-order valence-corrected chi connectivity index (χ1v) is 4.68. The summed E-state index contributed by atoms with van der Waals surface area (Å²) in [5.41, 5.74) is -0.299. The fourth-order valence-corrected chi connectivity index (χ4v) is 1.24. The Kier molecular flexibility index (Phi) is 3.85. The zero-order chi connectivity index (χ0) is 12.1. The lowest BCUT2D eigenvalue weighted by molar-refractivity contribution is 0.507. The second-order valence-corrected chi connectivity index (χ2v) is 3.35. The molecule has 1 rings (SSSR count). The van der Waals surface area contributed by atoms with E-state index in [0.29, 0.717) is 6.42 Å². The zero-order valence-electron chi connectivity index (χ0n) is 8.72. The van der Waals surface area contributed by atoms with E-state index in [1.807, 2.05) is 0 Å². The Morgan fingerprint density at radius 1 is 1.44 bits per heavy atom. The molecular weight excluding hydrogens is 210 g/mol. The van der Waals surface area contributed by atoms with Crippen LogP contribution in [0.15, 0.2) is 12.1 Å². The van der Waals surface area contributed by atoms with E-state index in [2.05, 4.69) is 11.2 Å². The van der Waals surface area contributed by atoms with Gasteiger partial charge in [0.1, 0.15) is 6.07 Å². The summed E-state index contributed by atoms with van der Waals surface area (Å²) < 4.78 is 26.6. The molecule has 0 bridgehead atoms. The van der Waals surface area contributed by atoms with Crippen molar-refractivity contribution in [2.75, 3.05) is 5.32 Å². The predicted molar refractivity (Wildman–Crippen MR) is 57.6 cm³/mol. The molecular formula is C12H10F2N2. The van der Waals surface area contributed by atoms with Crippen LogP contribution in [-0.4, -0.2) is 6.04 Å². The van der Waals surface area contributed by atoms with Crippen LogP contribution >= 0.6 is 0 Å². The van der Waals surface area contributed by atoms with Crippen molar-refractivity contribution < 1.29 is 8.78 Å². The number of rotatable bonds is 3. The normalized spacial score (nSPS) is 11.3. The summed E-state index contributed by atoms with van der Waals surface area (Å²) >= 11 is 0. The van der Waals surface area contributed by atoms with E-state index in [9.17, 15) is 8.78 Å². The fourth-order valence-electron chi connectivity index (χ4n) is 1.24. The van der Waals surface area contributed by atoms with Gasteiger partial charge >= 0.3 is 0 Å². The summed E-state index contributed by atoms with van der Waals surface area (Å²) in [6.07, 6.45) is 5.50. The lowest BCUT2D eigenvalue weighted by Gasteiger charge is -2.13. The maximum absolute atomic E-state index is 13.4. The van der Waals surface area contributed by atoms with Crippen molar-refractivity contribution in [2.45, 2.75) is 19.4 Å². The van der Waals surface area contributed by atoms with Gasteiger partial charge in [0.15, 0.2) is 11.6 Å². The number of anilines is 1. The Morgan fingerprint density at radius 2 is 2.12 bits per heavy atom. The number of hydrogen-bond acceptors (Lipinski definition) is 2. The molecule has 0 radical (unpaired) electrons. The molecule has 0 aromatic heterocycles. The molecule has 0 aliphatic carbocycles. The number of nitriles is 1. The van der Waals surface area contributed by atoms with Crippen LogP contribution in [0.5, 0.6) is 0 Å². The van der Waals surface area contributed by atoms with Crippen LogP contribution in [0.4, 0.5) is 14.5 Å². The molecule has 1 unspecified atom stereocenters. The Labute approximate surface area is 92.9 Å². The first kappa shape index (κ1) is 12.0. The predicted octanol–water partition coefficient (Wildman–Crippen LogP) is 2.66. The smallest absolute Gasteiger partial charge is 0.183 e. The third-order valence-electron chi connectivity index (χ3n) is 2.03. The van der Waals surface area contributed by atoms with Crippen LogP contribution in [0.3, 0.4) is 0 Å². The summed E-state index contributed by atoms with van der Waals surface area (Å²) in [5, 5.41) is 11.2. The topological polar surface area (TPSA) is 35.8 Å². The van der Waals surface area contributed by atoms with E-state index < -0.39 is 11.6 Å². The Balaban J connectivity index is 2.97. The Morgan fingerprint density at radius 3 is 2.69 bits per heavy atom. The van der Waals surface area contributed by atoms with Crippen molar-refractivity contribution in [1.82, 2.24) is 0 Å². The number of nitrogens with one attached hydrogen (secondary N) is 1. The molecule has 0 amide bonds. The van der Waals surface area contributed by atoms with E-state index in [4.69, 9.17) is 11.7 Å². The molecule has 0 spiro atoms. The minimum absolute atomic E-state index is 0.0132. The highest BCUT2D eigenvalue weighted by atomic mass is 19.2. The van der Waals surface area contributed by atoms with Gasteiger partial charge in [0, 0.05) is 12.5 Å². The SMILES string of the molecule is C#CCC(C)Nc1ccc(C#N)c(F)c1F. The molecule has 0 aliphatic rings. The van der Waals surface area contributed by atoms with Crippen LogP contribution in [0, 0.1) is 35.3 Å². The molecule has 16 heavy (non-hydrogen) atoms. The van der Waals surface area contributed by atoms with Crippen LogP contribution < -0.4 is 5.32 Å². The molecule has 0 fully saturated rings. The summed E-state index contributed by atoms with van der Waals surface area (Å²) in [4.78, 5) is 0.